The molecule has 0 aliphatic rings. The monoisotopic (exact) mass is 189 g/mol. The average Bonchev–Trinajstić information content (AvgIpc) is 2.57. The number of nitrogens with two attached hydrogens (primary N) is 1. The van der Waals surface area contributed by atoms with Crippen molar-refractivity contribution in [3.8, 4) is 11.3 Å². The van der Waals surface area contributed by atoms with Crippen LogP contribution in [0.1, 0.15) is 5.56 Å². The van der Waals surface area contributed by atoms with Gasteiger partial charge in [-0.3, -0.25) is 4.68 Å². The summed E-state index contributed by atoms with van der Waals surface area (Å²) < 4.78 is 1.73. The number of rotatable bonds is 1. The lowest BCUT2D eigenvalue weighted by molar-refractivity contribution is 0.768. The highest BCUT2D eigenvalue weighted by Gasteiger charge is 2.07. The minimum atomic E-state index is 0.513. The summed E-state index contributed by atoms with van der Waals surface area (Å²) in [5.74, 6) is 0.513. The van der Waals surface area contributed by atoms with E-state index in [9.17, 15) is 0 Å². The number of anilines is 1. The van der Waals surface area contributed by atoms with Crippen LogP contribution in [-0.2, 0) is 7.05 Å². The molecule has 0 radical (unpaired) electrons. The fourth-order valence-corrected chi connectivity index (χ4v) is 1.30. The molecule has 0 fully saturated rings. The maximum atomic E-state index is 5.69. The van der Waals surface area contributed by atoms with E-state index in [0.717, 1.165) is 16.8 Å². The second kappa shape index (κ2) is 3.10. The molecular formula is C9H11N5. The van der Waals surface area contributed by atoms with Gasteiger partial charge in [0.2, 0.25) is 0 Å². The van der Waals surface area contributed by atoms with Crippen LogP contribution in [0.4, 0.5) is 5.82 Å². The number of aryl methyl sites for hydroxylation is 1. The van der Waals surface area contributed by atoms with E-state index in [-0.39, 0.29) is 0 Å². The van der Waals surface area contributed by atoms with Crippen molar-refractivity contribution >= 4 is 5.82 Å². The van der Waals surface area contributed by atoms with Crippen molar-refractivity contribution in [1.29, 1.82) is 0 Å². The van der Waals surface area contributed by atoms with Gasteiger partial charge in [0.1, 0.15) is 12.1 Å². The van der Waals surface area contributed by atoms with E-state index in [2.05, 4.69) is 15.1 Å². The maximum absolute atomic E-state index is 5.69. The predicted molar refractivity (Wildman–Crippen MR) is 53.4 cm³/mol. The molecule has 2 aromatic rings. The summed E-state index contributed by atoms with van der Waals surface area (Å²) in [7, 11) is 1.86. The van der Waals surface area contributed by atoms with Gasteiger partial charge in [0.15, 0.2) is 0 Å². The molecule has 2 rings (SSSR count). The third kappa shape index (κ3) is 1.32. The number of nitrogens with zero attached hydrogens (tertiary/aromatic N) is 4. The Kier molecular flexibility index (Phi) is 1.92. The van der Waals surface area contributed by atoms with Crippen LogP contribution < -0.4 is 5.73 Å². The first-order valence-electron chi connectivity index (χ1n) is 4.24. The molecular weight excluding hydrogens is 178 g/mol. The van der Waals surface area contributed by atoms with Crippen LogP contribution in [0.25, 0.3) is 11.3 Å². The van der Waals surface area contributed by atoms with Crippen molar-refractivity contribution < 1.29 is 0 Å². The number of nitrogen functional groups attached to an aromatic ring is 1. The number of hydrogen-bond donors (Lipinski definition) is 1. The Morgan fingerprint density at radius 2 is 2.14 bits per heavy atom. The SMILES string of the molecule is Cc1c(N)ncnc1-c1cnn(C)c1. The summed E-state index contributed by atoms with van der Waals surface area (Å²) >= 11 is 0. The molecule has 14 heavy (non-hydrogen) atoms. The molecule has 5 heteroatoms. The van der Waals surface area contributed by atoms with Crippen LogP contribution in [-0.4, -0.2) is 19.7 Å². The summed E-state index contributed by atoms with van der Waals surface area (Å²) in [6.45, 7) is 1.90. The highest BCUT2D eigenvalue weighted by atomic mass is 15.2. The third-order valence-electron chi connectivity index (χ3n) is 2.10. The van der Waals surface area contributed by atoms with E-state index >= 15 is 0 Å². The molecule has 0 saturated carbocycles. The smallest absolute Gasteiger partial charge is 0.130 e. The van der Waals surface area contributed by atoms with Crippen LogP contribution in [0.5, 0.6) is 0 Å². The molecule has 0 aliphatic heterocycles. The molecule has 72 valence electrons. The second-order valence-electron chi connectivity index (χ2n) is 3.14. The Hall–Kier alpha value is -1.91. The van der Waals surface area contributed by atoms with Crippen LogP contribution in [0.2, 0.25) is 0 Å². The highest BCUT2D eigenvalue weighted by Crippen LogP contribution is 2.21. The molecule has 2 N–H and O–H groups in total. The number of aromatic nitrogens is 4. The maximum Gasteiger partial charge on any atom is 0.130 e. The first-order chi connectivity index (χ1) is 6.68. The molecule has 2 aromatic heterocycles. The zero-order valence-corrected chi connectivity index (χ0v) is 8.10. The molecule has 0 aliphatic carbocycles. The van der Waals surface area contributed by atoms with Gasteiger partial charge in [0.25, 0.3) is 0 Å². The molecule has 0 unspecified atom stereocenters. The minimum absolute atomic E-state index is 0.513. The lowest BCUT2D eigenvalue weighted by atomic mass is 10.1. The Morgan fingerprint density at radius 3 is 2.79 bits per heavy atom. The molecule has 0 aromatic carbocycles. The van der Waals surface area contributed by atoms with Gasteiger partial charge in [0, 0.05) is 24.4 Å². The van der Waals surface area contributed by atoms with Crippen LogP contribution in [0.15, 0.2) is 18.7 Å². The molecule has 5 nitrogen and oxygen atoms in total. The largest absolute Gasteiger partial charge is 0.383 e. The second-order valence-corrected chi connectivity index (χ2v) is 3.14. The van der Waals surface area contributed by atoms with Crippen LogP contribution in [0, 0.1) is 6.92 Å². The fraction of sp³-hybridized carbons (Fsp3) is 0.222. The van der Waals surface area contributed by atoms with Gasteiger partial charge in [-0.2, -0.15) is 5.10 Å². The van der Waals surface area contributed by atoms with Crippen molar-refractivity contribution in [1.82, 2.24) is 19.7 Å². The summed E-state index contributed by atoms with van der Waals surface area (Å²) in [4.78, 5) is 8.09. The van der Waals surface area contributed by atoms with Crippen LogP contribution in [0.3, 0.4) is 0 Å². The van der Waals surface area contributed by atoms with Gasteiger partial charge in [-0.25, -0.2) is 9.97 Å². The lowest BCUT2D eigenvalue weighted by Crippen LogP contribution is -1.97. The molecule has 0 amide bonds. The summed E-state index contributed by atoms with van der Waals surface area (Å²) in [6.07, 6.45) is 5.12. The standard InChI is InChI=1S/C9H11N5/c1-6-8(11-5-12-9(6)10)7-3-13-14(2)4-7/h3-5H,1-2H3,(H2,10,11,12). The van der Waals surface area contributed by atoms with Gasteiger partial charge in [-0.15, -0.1) is 0 Å². The Morgan fingerprint density at radius 1 is 1.36 bits per heavy atom. The van der Waals surface area contributed by atoms with Gasteiger partial charge in [0.05, 0.1) is 11.9 Å². The van der Waals surface area contributed by atoms with E-state index < -0.39 is 0 Å². The van der Waals surface area contributed by atoms with Crippen molar-refractivity contribution in [3.05, 3.63) is 24.3 Å². The first-order valence-corrected chi connectivity index (χ1v) is 4.24. The van der Waals surface area contributed by atoms with Gasteiger partial charge >= 0.3 is 0 Å². The molecule has 0 saturated heterocycles. The van der Waals surface area contributed by atoms with E-state index in [0.29, 0.717) is 5.82 Å². The topological polar surface area (TPSA) is 69.6 Å². The Labute approximate surface area is 81.6 Å². The van der Waals surface area contributed by atoms with Gasteiger partial charge < -0.3 is 5.73 Å². The third-order valence-corrected chi connectivity index (χ3v) is 2.10. The van der Waals surface area contributed by atoms with Crippen molar-refractivity contribution in [2.75, 3.05) is 5.73 Å². The van der Waals surface area contributed by atoms with Crippen molar-refractivity contribution in [2.45, 2.75) is 6.92 Å². The molecule has 0 spiro atoms. The number of hydrogen-bond acceptors (Lipinski definition) is 4. The molecule has 0 atom stereocenters. The van der Waals surface area contributed by atoms with E-state index in [1.54, 1.807) is 10.9 Å². The van der Waals surface area contributed by atoms with E-state index in [1.165, 1.54) is 6.33 Å². The van der Waals surface area contributed by atoms with Crippen molar-refractivity contribution in [2.24, 2.45) is 7.05 Å². The Bertz CT molecular complexity index is 460. The molecule has 2 heterocycles. The van der Waals surface area contributed by atoms with Gasteiger partial charge in [-0.1, -0.05) is 0 Å². The lowest BCUT2D eigenvalue weighted by Gasteiger charge is -2.02. The van der Waals surface area contributed by atoms with E-state index in [1.807, 2.05) is 20.2 Å². The summed E-state index contributed by atoms with van der Waals surface area (Å²) in [6, 6.07) is 0. The fourth-order valence-electron chi connectivity index (χ4n) is 1.30. The minimum Gasteiger partial charge on any atom is -0.383 e. The predicted octanol–water partition coefficient (Wildman–Crippen LogP) is 0.768. The first kappa shape index (κ1) is 8.68. The summed E-state index contributed by atoms with van der Waals surface area (Å²) in [5.41, 5.74) is 8.37. The van der Waals surface area contributed by atoms with Gasteiger partial charge in [-0.05, 0) is 6.92 Å². The Balaban J connectivity index is 2.57. The average molecular weight is 189 g/mol. The quantitative estimate of drug-likeness (QED) is 0.719. The molecule has 0 bridgehead atoms. The highest BCUT2D eigenvalue weighted by molar-refractivity contribution is 5.65. The summed E-state index contributed by atoms with van der Waals surface area (Å²) in [5, 5.41) is 4.08. The normalized spacial score (nSPS) is 10.4. The zero-order chi connectivity index (χ0) is 10.1. The van der Waals surface area contributed by atoms with E-state index in [4.69, 9.17) is 5.73 Å². The van der Waals surface area contributed by atoms with Crippen molar-refractivity contribution in [3.63, 3.8) is 0 Å². The van der Waals surface area contributed by atoms with Crippen LogP contribution >= 0.6 is 0 Å². The zero-order valence-electron chi connectivity index (χ0n) is 8.10.